The number of rotatable bonds is 4. The Morgan fingerprint density at radius 2 is 1.87 bits per heavy atom. The normalized spacial score (nSPS) is 18.4. The first-order chi connectivity index (χ1) is 13.8. The molecule has 1 saturated carbocycles. The Hall–Kier alpha value is -2.52. The number of pyridine rings is 1. The average Bonchev–Trinajstić information content (AvgIpc) is 2.52. The van der Waals surface area contributed by atoms with Gasteiger partial charge in [-0.3, -0.25) is 9.78 Å². The molecular weight excluding hydrogens is 403 g/mol. The Labute approximate surface area is 172 Å². The maximum absolute atomic E-state index is 12.5. The molecule has 0 radical (unpaired) electrons. The standard InChI is InChI=1S/C20H26F3N3O4/c1-12-15(6-5-13(25-12)9-24-17(28)30-18(2,3)4)29-14-7-19(8-14)10-26(11-19)16(27)20(21,22)23/h5-6,14H,7-11H2,1-4H3,(H,24,28). The zero-order chi connectivity index (χ0) is 22.3. The Kier molecular flexibility index (Phi) is 5.64. The molecule has 2 aliphatic rings. The molecule has 1 aromatic rings. The van der Waals surface area contributed by atoms with Crippen molar-refractivity contribution in [2.75, 3.05) is 13.1 Å². The number of aromatic nitrogens is 1. The van der Waals surface area contributed by atoms with Crippen molar-refractivity contribution in [2.45, 2.75) is 65.0 Å². The highest BCUT2D eigenvalue weighted by Crippen LogP contribution is 2.50. The van der Waals surface area contributed by atoms with Crippen molar-refractivity contribution in [1.29, 1.82) is 0 Å². The molecule has 0 aromatic carbocycles. The molecule has 1 aliphatic heterocycles. The molecule has 2 heterocycles. The minimum Gasteiger partial charge on any atom is -0.488 e. The van der Waals surface area contributed by atoms with Crippen molar-refractivity contribution < 1.29 is 32.2 Å². The van der Waals surface area contributed by atoms with Gasteiger partial charge in [0.1, 0.15) is 17.5 Å². The number of alkyl halides is 3. The summed E-state index contributed by atoms with van der Waals surface area (Å²) in [6.45, 7) is 7.58. The molecule has 10 heteroatoms. The second-order valence-electron chi connectivity index (χ2n) is 9.05. The fourth-order valence-electron chi connectivity index (χ4n) is 3.81. The number of halogens is 3. The van der Waals surface area contributed by atoms with Crippen LogP contribution >= 0.6 is 0 Å². The molecule has 2 amide bonds. The highest BCUT2D eigenvalue weighted by atomic mass is 19.4. The van der Waals surface area contributed by atoms with E-state index in [0.29, 0.717) is 30.0 Å². The fraction of sp³-hybridized carbons (Fsp3) is 0.650. The van der Waals surface area contributed by atoms with Crippen LogP contribution in [0.25, 0.3) is 0 Å². The van der Waals surface area contributed by atoms with E-state index in [0.717, 1.165) is 4.90 Å². The van der Waals surface area contributed by atoms with Gasteiger partial charge < -0.3 is 19.7 Å². The maximum atomic E-state index is 12.5. The molecule has 1 aliphatic carbocycles. The zero-order valence-corrected chi connectivity index (χ0v) is 17.4. The van der Waals surface area contributed by atoms with Crippen molar-refractivity contribution in [3.63, 3.8) is 0 Å². The molecule has 1 N–H and O–H groups in total. The number of hydrogen-bond acceptors (Lipinski definition) is 5. The molecule has 166 valence electrons. The summed E-state index contributed by atoms with van der Waals surface area (Å²) >= 11 is 0. The Morgan fingerprint density at radius 3 is 2.40 bits per heavy atom. The lowest BCUT2D eigenvalue weighted by Gasteiger charge is -2.58. The molecule has 1 spiro atoms. The first-order valence-electron chi connectivity index (χ1n) is 9.73. The van der Waals surface area contributed by atoms with Crippen LogP contribution in [-0.4, -0.2) is 52.9 Å². The van der Waals surface area contributed by atoms with Gasteiger partial charge >= 0.3 is 18.2 Å². The van der Waals surface area contributed by atoms with Crippen LogP contribution in [-0.2, 0) is 16.1 Å². The van der Waals surface area contributed by atoms with E-state index in [9.17, 15) is 22.8 Å². The largest absolute Gasteiger partial charge is 0.488 e. The van der Waals surface area contributed by atoms with Gasteiger partial charge in [-0.1, -0.05) is 0 Å². The lowest BCUT2D eigenvalue weighted by Crippen LogP contribution is -2.67. The summed E-state index contributed by atoms with van der Waals surface area (Å²) in [5, 5.41) is 2.64. The number of nitrogens with one attached hydrogen (secondary N) is 1. The van der Waals surface area contributed by atoms with Crippen LogP contribution in [0.4, 0.5) is 18.0 Å². The van der Waals surface area contributed by atoms with Gasteiger partial charge in [0.05, 0.1) is 17.9 Å². The summed E-state index contributed by atoms with van der Waals surface area (Å²) in [5.74, 6) is -1.17. The van der Waals surface area contributed by atoms with Crippen molar-refractivity contribution in [1.82, 2.24) is 15.2 Å². The van der Waals surface area contributed by atoms with E-state index < -0.39 is 23.8 Å². The molecule has 0 bridgehead atoms. The third kappa shape index (κ3) is 5.14. The molecule has 1 aromatic heterocycles. The van der Waals surface area contributed by atoms with Crippen molar-refractivity contribution in [2.24, 2.45) is 5.41 Å². The third-order valence-electron chi connectivity index (χ3n) is 5.10. The van der Waals surface area contributed by atoms with Gasteiger partial charge in [-0.05, 0) is 52.7 Å². The highest BCUT2D eigenvalue weighted by Gasteiger charge is 2.58. The van der Waals surface area contributed by atoms with E-state index in [4.69, 9.17) is 9.47 Å². The van der Waals surface area contributed by atoms with Gasteiger partial charge in [0.25, 0.3) is 0 Å². The molecule has 30 heavy (non-hydrogen) atoms. The van der Waals surface area contributed by atoms with E-state index in [1.807, 2.05) is 0 Å². The highest BCUT2D eigenvalue weighted by molar-refractivity contribution is 5.82. The molecule has 2 fully saturated rings. The number of carbonyl (C=O) groups excluding carboxylic acids is 2. The van der Waals surface area contributed by atoms with Crippen LogP contribution in [0.5, 0.6) is 5.75 Å². The van der Waals surface area contributed by atoms with E-state index in [1.54, 1.807) is 39.8 Å². The maximum Gasteiger partial charge on any atom is 0.471 e. The second-order valence-corrected chi connectivity index (χ2v) is 9.05. The third-order valence-corrected chi connectivity index (χ3v) is 5.10. The second kappa shape index (κ2) is 7.63. The number of ether oxygens (including phenoxy) is 2. The average molecular weight is 429 g/mol. The van der Waals surface area contributed by atoms with Gasteiger partial charge in [0, 0.05) is 18.5 Å². The summed E-state index contributed by atoms with van der Waals surface area (Å²) in [4.78, 5) is 28.2. The van der Waals surface area contributed by atoms with E-state index in [-0.39, 0.29) is 31.2 Å². The minimum absolute atomic E-state index is 0.112. The van der Waals surface area contributed by atoms with E-state index >= 15 is 0 Å². The number of amides is 2. The zero-order valence-electron chi connectivity index (χ0n) is 17.4. The predicted molar refractivity (Wildman–Crippen MR) is 101 cm³/mol. The van der Waals surface area contributed by atoms with Crippen molar-refractivity contribution >= 4 is 12.0 Å². The summed E-state index contributed by atoms with van der Waals surface area (Å²) in [6, 6.07) is 3.50. The topological polar surface area (TPSA) is 80.8 Å². The minimum atomic E-state index is -4.82. The quantitative estimate of drug-likeness (QED) is 0.794. The van der Waals surface area contributed by atoms with E-state index in [1.165, 1.54) is 0 Å². The molecular formula is C20H26F3N3O4. The van der Waals surface area contributed by atoms with Crippen LogP contribution in [0, 0.1) is 12.3 Å². The Bertz CT molecular complexity index is 822. The van der Waals surface area contributed by atoms with Gasteiger partial charge in [-0.15, -0.1) is 0 Å². The first-order valence-corrected chi connectivity index (χ1v) is 9.73. The predicted octanol–water partition coefficient (Wildman–Crippen LogP) is 3.35. The summed E-state index contributed by atoms with van der Waals surface area (Å²) in [7, 11) is 0. The number of likely N-dealkylation sites (tertiary alicyclic amines) is 1. The van der Waals surface area contributed by atoms with Gasteiger partial charge in [-0.2, -0.15) is 13.2 Å². The molecule has 7 nitrogen and oxygen atoms in total. The van der Waals surface area contributed by atoms with Gasteiger partial charge in [0.15, 0.2) is 0 Å². The van der Waals surface area contributed by atoms with Gasteiger partial charge in [0.2, 0.25) is 0 Å². The number of nitrogens with zero attached hydrogens (tertiary/aromatic N) is 2. The molecule has 0 unspecified atom stereocenters. The van der Waals surface area contributed by atoms with Gasteiger partial charge in [-0.25, -0.2) is 4.79 Å². The van der Waals surface area contributed by atoms with Crippen molar-refractivity contribution in [3.8, 4) is 5.75 Å². The van der Waals surface area contributed by atoms with Crippen LogP contribution in [0.1, 0.15) is 45.0 Å². The summed E-state index contributed by atoms with van der Waals surface area (Å²) < 4.78 is 48.5. The first kappa shape index (κ1) is 22.2. The fourth-order valence-corrected chi connectivity index (χ4v) is 3.81. The Balaban J connectivity index is 1.44. The van der Waals surface area contributed by atoms with Crippen LogP contribution in [0.2, 0.25) is 0 Å². The number of hydrogen-bond donors (Lipinski definition) is 1. The number of carbonyl (C=O) groups is 2. The lowest BCUT2D eigenvalue weighted by molar-refractivity contribution is -0.205. The Morgan fingerprint density at radius 1 is 1.23 bits per heavy atom. The summed E-state index contributed by atoms with van der Waals surface area (Å²) in [5.41, 5.74) is 0.463. The monoisotopic (exact) mass is 429 g/mol. The van der Waals surface area contributed by atoms with Crippen LogP contribution < -0.4 is 10.1 Å². The number of aryl methyl sites for hydroxylation is 1. The summed E-state index contributed by atoms with van der Waals surface area (Å²) in [6.07, 6.45) is -4.24. The van der Waals surface area contributed by atoms with Crippen LogP contribution in [0.15, 0.2) is 12.1 Å². The number of alkyl carbamates (subject to hydrolysis) is 1. The molecule has 1 saturated heterocycles. The van der Waals surface area contributed by atoms with Crippen molar-refractivity contribution in [3.05, 3.63) is 23.5 Å². The van der Waals surface area contributed by atoms with E-state index in [2.05, 4.69) is 10.3 Å². The molecule has 3 rings (SSSR count). The van der Waals surface area contributed by atoms with Crippen LogP contribution in [0.3, 0.4) is 0 Å². The smallest absolute Gasteiger partial charge is 0.471 e. The SMILES string of the molecule is Cc1nc(CNC(=O)OC(C)(C)C)ccc1OC1CC2(C1)CN(C(=O)C(F)(F)F)C2. The lowest BCUT2D eigenvalue weighted by atomic mass is 9.61. The molecule has 0 atom stereocenters.